The van der Waals surface area contributed by atoms with Crippen molar-refractivity contribution < 1.29 is 0 Å². The van der Waals surface area contributed by atoms with Gasteiger partial charge in [-0.2, -0.15) is 0 Å². The quantitative estimate of drug-likeness (QED) is 0.678. The number of pyridine rings is 2. The summed E-state index contributed by atoms with van der Waals surface area (Å²) in [6.07, 6.45) is 3.56. The lowest BCUT2D eigenvalue weighted by molar-refractivity contribution is 0.819. The minimum Gasteiger partial charge on any atom is -0.273 e. The van der Waals surface area contributed by atoms with E-state index in [4.69, 9.17) is 4.99 Å². The van der Waals surface area contributed by atoms with Gasteiger partial charge in [-0.15, -0.1) is 0 Å². The fourth-order valence-electron chi connectivity index (χ4n) is 2.27. The summed E-state index contributed by atoms with van der Waals surface area (Å²) in [5, 5.41) is 0. The van der Waals surface area contributed by atoms with Crippen molar-refractivity contribution in [2.75, 3.05) is 0 Å². The summed E-state index contributed by atoms with van der Waals surface area (Å²) in [6.45, 7) is 2.08. The van der Waals surface area contributed by atoms with Gasteiger partial charge in [0.25, 0.3) is 0 Å². The van der Waals surface area contributed by atoms with Gasteiger partial charge in [0.05, 0.1) is 17.4 Å². The maximum atomic E-state index is 4.88. The SMILES string of the molecule is C[C@H](N=C(c1ccccn1)c1ccccn1)c1ccccc1. The normalized spacial score (nSPS) is 11.7. The third-order valence-corrected chi connectivity index (χ3v) is 3.42. The van der Waals surface area contributed by atoms with E-state index in [9.17, 15) is 0 Å². The van der Waals surface area contributed by atoms with E-state index >= 15 is 0 Å². The summed E-state index contributed by atoms with van der Waals surface area (Å²) in [6, 6.07) is 22.0. The molecule has 22 heavy (non-hydrogen) atoms. The van der Waals surface area contributed by atoms with E-state index in [1.807, 2.05) is 54.6 Å². The first kappa shape index (κ1) is 14.1. The van der Waals surface area contributed by atoms with Crippen LogP contribution in [0.25, 0.3) is 0 Å². The maximum absolute atomic E-state index is 4.88. The van der Waals surface area contributed by atoms with Crippen molar-refractivity contribution in [3.8, 4) is 0 Å². The molecule has 0 aliphatic carbocycles. The Hall–Kier alpha value is -2.81. The molecule has 2 heterocycles. The fraction of sp³-hybridized carbons (Fsp3) is 0.105. The second kappa shape index (κ2) is 6.76. The first-order valence-electron chi connectivity index (χ1n) is 7.30. The third-order valence-electron chi connectivity index (χ3n) is 3.42. The molecule has 0 spiro atoms. The van der Waals surface area contributed by atoms with E-state index in [1.165, 1.54) is 5.56 Å². The van der Waals surface area contributed by atoms with E-state index < -0.39 is 0 Å². The molecular formula is C19H17N3. The van der Waals surface area contributed by atoms with Gasteiger partial charge >= 0.3 is 0 Å². The highest BCUT2D eigenvalue weighted by molar-refractivity contribution is 6.10. The lowest BCUT2D eigenvalue weighted by Crippen LogP contribution is -2.09. The summed E-state index contributed by atoms with van der Waals surface area (Å²) >= 11 is 0. The van der Waals surface area contributed by atoms with Crippen LogP contribution in [0.3, 0.4) is 0 Å². The molecule has 3 heteroatoms. The van der Waals surface area contributed by atoms with Gasteiger partial charge in [-0.1, -0.05) is 42.5 Å². The van der Waals surface area contributed by atoms with Gasteiger partial charge in [0.15, 0.2) is 0 Å². The largest absolute Gasteiger partial charge is 0.273 e. The molecule has 3 rings (SSSR count). The smallest absolute Gasteiger partial charge is 0.109 e. The molecule has 3 nitrogen and oxygen atoms in total. The molecule has 0 N–H and O–H groups in total. The summed E-state index contributed by atoms with van der Waals surface area (Å²) in [5.74, 6) is 0. The zero-order valence-corrected chi connectivity index (χ0v) is 12.4. The van der Waals surface area contributed by atoms with Crippen LogP contribution in [0.2, 0.25) is 0 Å². The van der Waals surface area contributed by atoms with Crippen molar-refractivity contribution in [3.63, 3.8) is 0 Å². The Labute approximate surface area is 130 Å². The Balaban J connectivity index is 2.04. The number of rotatable bonds is 4. The first-order chi connectivity index (χ1) is 10.8. The molecule has 0 unspecified atom stereocenters. The number of hydrogen-bond donors (Lipinski definition) is 0. The van der Waals surface area contributed by atoms with Crippen LogP contribution in [0.1, 0.15) is 29.9 Å². The molecule has 0 fully saturated rings. The van der Waals surface area contributed by atoms with Crippen LogP contribution in [0.15, 0.2) is 84.1 Å². The van der Waals surface area contributed by atoms with E-state index in [1.54, 1.807) is 12.4 Å². The second-order valence-corrected chi connectivity index (χ2v) is 4.99. The number of benzene rings is 1. The van der Waals surface area contributed by atoms with Crippen molar-refractivity contribution in [1.82, 2.24) is 9.97 Å². The summed E-state index contributed by atoms with van der Waals surface area (Å²) in [7, 11) is 0. The average molecular weight is 287 g/mol. The molecule has 2 aromatic heterocycles. The number of nitrogens with zero attached hydrogens (tertiary/aromatic N) is 3. The van der Waals surface area contributed by atoms with Crippen LogP contribution in [0, 0.1) is 0 Å². The number of hydrogen-bond acceptors (Lipinski definition) is 3. The Morgan fingerprint density at radius 1 is 0.773 bits per heavy atom. The predicted molar refractivity (Wildman–Crippen MR) is 89.0 cm³/mol. The first-order valence-corrected chi connectivity index (χ1v) is 7.30. The summed E-state index contributed by atoms with van der Waals surface area (Å²) in [5.41, 5.74) is 3.66. The average Bonchev–Trinajstić information content (AvgIpc) is 2.62. The molecule has 1 atom stereocenters. The summed E-state index contributed by atoms with van der Waals surface area (Å²) in [4.78, 5) is 13.7. The van der Waals surface area contributed by atoms with Gasteiger partial charge in [-0.3, -0.25) is 15.0 Å². The van der Waals surface area contributed by atoms with Crippen molar-refractivity contribution in [3.05, 3.63) is 96.1 Å². The van der Waals surface area contributed by atoms with Crippen molar-refractivity contribution in [2.24, 2.45) is 4.99 Å². The Kier molecular flexibility index (Phi) is 4.35. The van der Waals surface area contributed by atoms with Crippen molar-refractivity contribution >= 4 is 5.71 Å². The van der Waals surface area contributed by atoms with Crippen LogP contribution in [-0.4, -0.2) is 15.7 Å². The molecule has 0 saturated heterocycles. The van der Waals surface area contributed by atoms with Crippen molar-refractivity contribution in [1.29, 1.82) is 0 Å². The van der Waals surface area contributed by atoms with Crippen LogP contribution in [0.4, 0.5) is 0 Å². The van der Waals surface area contributed by atoms with Gasteiger partial charge in [0, 0.05) is 12.4 Å². The Morgan fingerprint density at radius 2 is 1.32 bits per heavy atom. The van der Waals surface area contributed by atoms with Gasteiger partial charge in [0.2, 0.25) is 0 Å². The molecular weight excluding hydrogens is 270 g/mol. The van der Waals surface area contributed by atoms with E-state index in [-0.39, 0.29) is 6.04 Å². The van der Waals surface area contributed by atoms with Crippen LogP contribution < -0.4 is 0 Å². The van der Waals surface area contributed by atoms with Crippen LogP contribution >= 0.6 is 0 Å². The molecule has 0 radical (unpaired) electrons. The molecule has 0 saturated carbocycles. The van der Waals surface area contributed by atoms with Crippen LogP contribution in [-0.2, 0) is 0 Å². The molecule has 1 aromatic carbocycles. The number of aromatic nitrogens is 2. The maximum Gasteiger partial charge on any atom is 0.109 e. The zero-order valence-electron chi connectivity index (χ0n) is 12.4. The highest BCUT2D eigenvalue weighted by atomic mass is 14.9. The minimum atomic E-state index is 0.0419. The third kappa shape index (κ3) is 3.26. The highest BCUT2D eigenvalue weighted by Gasteiger charge is 2.12. The van der Waals surface area contributed by atoms with E-state index in [0.29, 0.717) is 0 Å². The fourth-order valence-corrected chi connectivity index (χ4v) is 2.27. The van der Waals surface area contributed by atoms with Gasteiger partial charge < -0.3 is 0 Å². The highest BCUT2D eigenvalue weighted by Crippen LogP contribution is 2.19. The molecule has 0 aliphatic heterocycles. The molecule has 0 bridgehead atoms. The molecule has 0 aliphatic rings. The topological polar surface area (TPSA) is 38.1 Å². The number of aliphatic imine (C=N–C) groups is 1. The van der Waals surface area contributed by atoms with Crippen molar-refractivity contribution in [2.45, 2.75) is 13.0 Å². The molecule has 108 valence electrons. The lowest BCUT2D eigenvalue weighted by Gasteiger charge is -2.11. The van der Waals surface area contributed by atoms with E-state index in [2.05, 4.69) is 29.0 Å². The van der Waals surface area contributed by atoms with Gasteiger partial charge in [-0.25, -0.2) is 0 Å². The zero-order chi connectivity index (χ0) is 15.2. The van der Waals surface area contributed by atoms with Crippen LogP contribution in [0.5, 0.6) is 0 Å². The molecule has 3 aromatic rings. The monoisotopic (exact) mass is 287 g/mol. The summed E-state index contributed by atoms with van der Waals surface area (Å²) < 4.78 is 0. The minimum absolute atomic E-state index is 0.0419. The van der Waals surface area contributed by atoms with Gasteiger partial charge in [0.1, 0.15) is 5.71 Å². The van der Waals surface area contributed by atoms with E-state index in [0.717, 1.165) is 17.1 Å². The Bertz CT molecular complexity index is 696. The van der Waals surface area contributed by atoms with Gasteiger partial charge in [-0.05, 0) is 36.8 Å². The standard InChI is InChI=1S/C19H17N3/c1-15(16-9-3-2-4-10-16)22-19(17-11-5-7-13-20-17)18-12-6-8-14-21-18/h2-15H,1H3/t15-/m0/s1. The Morgan fingerprint density at radius 3 is 1.82 bits per heavy atom. The molecule has 0 amide bonds. The lowest BCUT2D eigenvalue weighted by atomic mass is 10.1. The predicted octanol–water partition coefficient (Wildman–Crippen LogP) is 4.08. The second-order valence-electron chi connectivity index (χ2n) is 4.99.